The fourth-order valence-electron chi connectivity index (χ4n) is 2.19. The maximum atomic E-state index is 6.33. The first-order valence-corrected chi connectivity index (χ1v) is 7.63. The van der Waals surface area contributed by atoms with E-state index in [1.165, 1.54) is 11.1 Å². The van der Waals surface area contributed by atoms with Gasteiger partial charge in [0.25, 0.3) is 0 Å². The fourth-order valence-corrected chi connectivity index (χ4v) is 2.59. The molecule has 2 rings (SSSR count). The minimum absolute atomic E-state index is 0.595. The first kappa shape index (κ1) is 15.4. The lowest BCUT2D eigenvalue weighted by atomic mass is 9.98. The molecule has 0 atom stereocenters. The fraction of sp³-hybridized carbons (Fsp3) is 0.294. The second-order valence-corrected chi connectivity index (χ2v) is 5.71. The van der Waals surface area contributed by atoms with Crippen molar-refractivity contribution in [2.75, 3.05) is 6.54 Å². The second-order valence-electron chi connectivity index (χ2n) is 4.93. The van der Waals surface area contributed by atoms with Gasteiger partial charge in [-0.05, 0) is 48.7 Å². The van der Waals surface area contributed by atoms with Crippen LogP contribution in [0.4, 0.5) is 0 Å². The van der Waals surface area contributed by atoms with Crippen LogP contribution in [0.1, 0.15) is 24.5 Å². The summed E-state index contributed by atoms with van der Waals surface area (Å²) in [5.74, 6) is 0. The van der Waals surface area contributed by atoms with Crippen molar-refractivity contribution in [2.24, 2.45) is 0 Å². The second kappa shape index (κ2) is 7.12. The zero-order valence-electron chi connectivity index (χ0n) is 11.8. The number of hydrogen-bond acceptors (Lipinski definition) is 1. The van der Waals surface area contributed by atoms with Gasteiger partial charge in [0.15, 0.2) is 0 Å². The van der Waals surface area contributed by atoms with E-state index in [1.807, 2.05) is 18.2 Å². The molecule has 3 heteroatoms. The first-order chi connectivity index (χ1) is 9.63. The van der Waals surface area contributed by atoms with Gasteiger partial charge in [-0.1, -0.05) is 54.4 Å². The number of halogens is 2. The third kappa shape index (κ3) is 3.54. The molecule has 0 fully saturated rings. The quantitative estimate of drug-likeness (QED) is 0.722. The number of nitrogens with one attached hydrogen (secondary N) is 1. The molecule has 0 aliphatic heterocycles. The summed E-state index contributed by atoms with van der Waals surface area (Å²) < 4.78 is 0. The van der Waals surface area contributed by atoms with E-state index in [2.05, 4.69) is 37.4 Å². The summed E-state index contributed by atoms with van der Waals surface area (Å²) in [5.41, 5.74) is 4.60. The molecule has 0 unspecified atom stereocenters. The Labute approximate surface area is 130 Å². The molecule has 0 radical (unpaired) electrons. The molecule has 1 N–H and O–H groups in total. The highest BCUT2D eigenvalue weighted by Crippen LogP contribution is 2.35. The lowest BCUT2D eigenvalue weighted by Gasteiger charge is -2.12. The molecule has 2 aromatic rings. The van der Waals surface area contributed by atoms with Crippen LogP contribution >= 0.6 is 23.2 Å². The Hall–Kier alpha value is -1.02. The molecule has 0 aromatic heterocycles. The van der Waals surface area contributed by atoms with Gasteiger partial charge in [0.1, 0.15) is 0 Å². The molecule has 2 aromatic carbocycles. The van der Waals surface area contributed by atoms with Gasteiger partial charge in [-0.2, -0.15) is 0 Å². The van der Waals surface area contributed by atoms with Crippen molar-refractivity contribution in [3.05, 3.63) is 57.6 Å². The van der Waals surface area contributed by atoms with Crippen LogP contribution in [0.25, 0.3) is 11.1 Å². The van der Waals surface area contributed by atoms with Gasteiger partial charge in [0.05, 0.1) is 10.0 Å². The SMILES string of the molecule is CCCNCc1ccc(C)c(-c2cccc(Cl)c2Cl)c1. The van der Waals surface area contributed by atoms with E-state index in [0.29, 0.717) is 10.0 Å². The molecule has 0 saturated carbocycles. The van der Waals surface area contributed by atoms with Gasteiger partial charge in [-0.25, -0.2) is 0 Å². The summed E-state index contributed by atoms with van der Waals surface area (Å²) in [6, 6.07) is 12.2. The monoisotopic (exact) mass is 307 g/mol. The molecule has 0 bridgehead atoms. The normalized spacial score (nSPS) is 10.8. The van der Waals surface area contributed by atoms with Crippen LogP contribution in [0.5, 0.6) is 0 Å². The number of rotatable bonds is 5. The van der Waals surface area contributed by atoms with E-state index in [1.54, 1.807) is 0 Å². The highest BCUT2D eigenvalue weighted by atomic mass is 35.5. The average molecular weight is 308 g/mol. The third-order valence-corrected chi connectivity index (χ3v) is 4.12. The minimum atomic E-state index is 0.595. The molecule has 0 amide bonds. The zero-order chi connectivity index (χ0) is 14.5. The Morgan fingerprint density at radius 1 is 1.05 bits per heavy atom. The predicted octanol–water partition coefficient (Wildman–Crippen LogP) is 5.47. The summed E-state index contributed by atoms with van der Waals surface area (Å²) in [5, 5.41) is 4.63. The van der Waals surface area contributed by atoms with Crippen LogP contribution in [0.2, 0.25) is 10.0 Å². The zero-order valence-corrected chi connectivity index (χ0v) is 13.4. The van der Waals surface area contributed by atoms with Gasteiger partial charge < -0.3 is 5.32 Å². The van der Waals surface area contributed by atoms with E-state index in [9.17, 15) is 0 Å². The van der Waals surface area contributed by atoms with Gasteiger partial charge in [0.2, 0.25) is 0 Å². The molecule has 0 heterocycles. The van der Waals surface area contributed by atoms with E-state index in [4.69, 9.17) is 23.2 Å². The molecular weight excluding hydrogens is 289 g/mol. The first-order valence-electron chi connectivity index (χ1n) is 6.88. The maximum Gasteiger partial charge on any atom is 0.0670 e. The Kier molecular flexibility index (Phi) is 5.47. The van der Waals surface area contributed by atoms with Gasteiger partial charge >= 0.3 is 0 Å². The minimum Gasteiger partial charge on any atom is -0.313 e. The van der Waals surface area contributed by atoms with Gasteiger partial charge in [-0.15, -0.1) is 0 Å². The molecule has 106 valence electrons. The third-order valence-electron chi connectivity index (χ3n) is 3.30. The molecule has 0 aliphatic rings. The summed E-state index contributed by atoms with van der Waals surface area (Å²) in [6.45, 7) is 6.16. The number of benzene rings is 2. The van der Waals surface area contributed by atoms with Crippen LogP contribution in [0.3, 0.4) is 0 Å². The topological polar surface area (TPSA) is 12.0 Å². The Morgan fingerprint density at radius 2 is 1.85 bits per heavy atom. The molecular formula is C17H19Cl2N. The van der Waals surface area contributed by atoms with Crippen LogP contribution in [0.15, 0.2) is 36.4 Å². The predicted molar refractivity (Wildman–Crippen MR) is 88.6 cm³/mol. The average Bonchev–Trinajstić information content (AvgIpc) is 2.44. The molecule has 0 aliphatic carbocycles. The standard InChI is InChI=1S/C17H19Cl2N/c1-3-9-20-11-13-8-7-12(2)15(10-13)14-5-4-6-16(18)17(14)19/h4-8,10,20H,3,9,11H2,1-2H3. The maximum absolute atomic E-state index is 6.33. The summed E-state index contributed by atoms with van der Waals surface area (Å²) in [7, 11) is 0. The van der Waals surface area contributed by atoms with Crippen molar-refractivity contribution in [3.8, 4) is 11.1 Å². The van der Waals surface area contributed by atoms with Gasteiger partial charge in [-0.3, -0.25) is 0 Å². The van der Waals surface area contributed by atoms with Crippen molar-refractivity contribution >= 4 is 23.2 Å². The summed E-state index contributed by atoms with van der Waals surface area (Å²) >= 11 is 12.4. The van der Waals surface area contributed by atoms with E-state index in [-0.39, 0.29) is 0 Å². The van der Waals surface area contributed by atoms with Crippen molar-refractivity contribution in [1.82, 2.24) is 5.32 Å². The van der Waals surface area contributed by atoms with Crippen molar-refractivity contribution in [1.29, 1.82) is 0 Å². The summed E-state index contributed by atoms with van der Waals surface area (Å²) in [4.78, 5) is 0. The molecule has 1 nitrogen and oxygen atoms in total. The van der Waals surface area contributed by atoms with Crippen molar-refractivity contribution in [3.63, 3.8) is 0 Å². The summed E-state index contributed by atoms with van der Waals surface area (Å²) in [6.07, 6.45) is 1.14. The van der Waals surface area contributed by atoms with E-state index < -0.39 is 0 Å². The highest BCUT2D eigenvalue weighted by molar-refractivity contribution is 6.43. The largest absolute Gasteiger partial charge is 0.313 e. The van der Waals surface area contributed by atoms with E-state index in [0.717, 1.165) is 30.6 Å². The Bertz CT molecular complexity index is 594. The van der Waals surface area contributed by atoms with Gasteiger partial charge in [0, 0.05) is 12.1 Å². The van der Waals surface area contributed by atoms with Crippen LogP contribution < -0.4 is 5.32 Å². The smallest absolute Gasteiger partial charge is 0.0670 e. The van der Waals surface area contributed by atoms with Crippen molar-refractivity contribution < 1.29 is 0 Å². The van der Waals surface area contributed by atoms with E-state index >= 15 is 0 Å². The molecule has 0 saturated heterocycles. The number of aryl methyl sites for hydroxylation is 1. The number of hydrogen-bond donors (Lipinski definition) is 1. The molecule has 20 heavy (non-hydrogen) atoms. The lowest BCUT2D eigenvalue weighted by molar-refractivity contribution is 0.675. The van der Waals surface area contributed by atoms with Crippen LogP contribution in [0, 0.1) is 6.92 Å². The Morgan fingerprint density at radius 3 is 2.60 bits per heavy atom. The lowest BCUT2D eigenvalue weighted by Crippen LogP contribution is -2.13. The van der Waals surface area contributed by atoms with Crippen LogP contribution in [-0.2, 0) is 6.54 Å². The highest BCUT2D eigenvalue weighted by Gasteiger charge is 2.09. The van der Waals surface area contributed by atoms with Crippen molar-refractivity contribution in [2.45, 2.75) is 26.8 Å². The van der Waals surface area contributed by atoms with Crippen LogP contribution in [-0.4, -0.2) is 6.54 Å². The Balaban J connectivity index is 2.35. The molecule has 0 spiro atoms.